The average molecular weight is 243 g/mol. The maximum atomic E-state index is 4.41. The molecule has 1 heterocycles. The third-order valence-corrected chi connectivity index (χ3v) is 3.81. The minimum Gasteiger partial charge on any atom is -0.302 e. The number of thiophene rings is 1. The van der Waals surface area contributed by atoms with Gasteiger partial charge in [-0.15, -0.1) is 0 Å². The number of hydrogen-bond donors (Lipinski definition) is 1. The van der Waals surface area contributed by atoms with E-state index in [0.717, 1.165) is 24.8 Å². The van der Waals surface area contributed by atoms with Crippen LogP contribution >= 0.6 is 24.0 Å². The first kappa shape index (κ1) is 13.1. The van der Waals surface area contributed by atoms with E-state index in [1.807, 2.05) is 0 Å². The summed E-state index contributed by atoms with van der Waals surface area (Å²) in [5.41, 5.74) is 1.43. The Morgan fingerprint density at radius 2 is 2.33 bits per heavy atom. The first-order chi connectivity index (χ1) is 7.26. The molecule has 0 bridgehead atoms. The van der Waals surface area contributed by atoms with Crippen molar-refractivity contribution >= 4 is 24.0 Å². The van der Waals surface area contributed by atoms with E-state index >= 15 is 0 Å². The first-order valence-electron chi connectivity index (χ1n) is 5.56. The topological polar surface area (TPSA) is 3.24 Å². The largest absolute Gasteiger partial charge is 0.302 e. The van der Waals surface area contributed by atoms with Crippen LogP contribution in [-0.4, -0.2) is 24.2 Å². The fourth-order valence-electron chi connectivity index (χ4n) is 1.85. The standard InChI is InChI=1S/C12H21NS2/c1-3-4-11(9-14)7-13(2)8-12-5-6-15-10-12/h5-6,10-11,14H,3-4,7-9H2,1-2H3. The van der Waals surface area contributed by atoms with Crippen molar-refractivity contribution in [3.8, 4) is 0 Å². The van der Waals surface area contributed by atoms with Gasteiger partial charge in [0, 0.05) is 13.1 Å². The van der Waals surface area contributed by atoms with Crippen molar-refractivity contribution in [2.24, 2.45) is 5.92 Å². The van der Waals surface area contributed by atoms with Crippen LogP contribution in [-0.2, 0) is 6.54 Å². The van der Waals surface area contributed by atoms with Crippen LogP contribution in [0, 0.1) is 5.92 Å². The Morgan fingerprint density at radius 1 is 1.53 bits per heavy atom. The average Bonchev–Trinajstić information content (AvgIpc) is 2.69. The summed E-state index contributed by atoms with van der Waals surface area (Å²) in [5.74, 6) is 1.74. The Morgan fingerprint density at radius 3 is 2.87 bits per heavy atom. The summed E-state index contributed by atoms with van der Waals surface area (Å²) >= 11 is 6.19. The van der Waals surface area contributed by atoms with E-state index in [1.165, 1.54) is 18.4 Å². The van der Waals surface area contributed by atoms with E-state index < -0.39 is 0 Å². The molecule has 0 saturated heterocycles. The number of rotatable bonds is 7. The molecule has 0 radical (unpaired) electrons. The molecule has 0 saturated carbocycles. The van der Waals surface area contributed by atoms with Crippen LogP contribution in [0.5, 0.6) is 0 Å². The van der Waals surface area contributed by atoms with E-state index in [1.54, 1.807) is 11.3 Å². The fraction of sp³-hybridized carbons (Fsp3) is 0.667. The van der Waals surface area contributed by atoms with Gasteiger partial charge in [-0.25, -0.2) is 0 Å². The monoisotopic (exact) mass is 243 g/mol. The van der Waals surface area contributed by atoms with Gasteiger partial charge in [0.05, 0.1) is 0 Å². The molecule has 15 heavy (non-hydrogen) atoms. The molecule has 0 aliphatic heterocycles. The van der Waals surface area contributed by atoms with Crippen molar-refractivity contribution in [2.45, 2.75) is 26.3 Å². The van der Waals surface area contributed by atoms with Gasteiger partial charge >= 0.3 is 0 Å². The first-order valence-corrected chi connectivity index (χ1v) is 7.14. The highest BCUT2D eigenvalue weighted by Crippen LogP contribution is 2.13. The highest BCUT2D eigenvalue weighted by molar-refractivity contribution is 7.80. The predicted octanol–water partition coefficient (Wildman–Crippen LogP) is 3.53. The SMILES string of the molecule is CCCC(CS)CN(C)Cc1ccsc1. The summed E-state index contributed by atoms with van der Waals surface area (Å²) in [6.07, 6.45) is 2.55. The second kappa shape index (κ2) is 7.31. The zero-order chi connectivity index (χ0) is 11.1. The van der Waals surface area contributed by atoms with Crippen molar-refractivity contribution in [1.82, 2.24) is 4.90 Å². The lowest BCUT2D eigenvalue weighted by atomic mass is 10.1. The molecule has 0 N–H and O–H groups in total. The Hall–Kier alpha value is 0.01000. The summed E-state index contributed by atoms with van der Waals surface area (Å²) in [6.45, 7) is 4.47. The molecule has 3 heteroatoms. The number of thiol groups is 1. The van der Waals surface area contributed by atoms with Gasteiger partial charge < -0.3 is 4.90 Å². The smallest absolute Gasteiger partial charge is 0.0239 e. The van der Waals surface area contributed by atoms with Crippen molar-refractivity contribution in [2.75, 3.05) is 19.3 Å². The van der Waals surface area contributed by atoms with Gasteiger partial charge in [-0.2, -0.15) is 24.0 Å². The van der Waals surface area contributed by atoms with Crippen molar-refractivity contribution < 1.29 is 0 Å². The third-order valence-electron chi connectivity index (χ3n) is 2.56. The second-order valence-corrected chi connectivity index (χ2v) is 5.31. The van der Waals surface area contributed by atoms with Crippen LogP contribution in [0.4, 0.5) is 0 Å². The van der Waals surface area contributed by atoms with E-state index in [4.69, 9.17) is 0 Å². The van der Waals surface area contributed by atoms with Crippen LogP contribution in [0.1, 0.15) is 25.3 Å². The van der Waals surface area contributed by atoms with E-state index in [9.17, 15) is 0 Å². The summed E-state index contributed by atoms with van der Waals surface area (Å²) < 4.78 is 0. The minimum absolute atomic E-state index is 0.738. The summed E-state index contributed by atoms with van der Waals surface area (Å²) in [6, 6.07) is 2.21. The molecule has 0 fully saturated rings. The van der Waals surface area contributed by atoms with Crippen LogP contribution in [0.3, 0.4) is 0 Å². The molecule has 1 aromatic heterocycles. The van der Waals surface area contributed by atoms with Gasteiger partial charge in [0.25, 0.3) is 0 Å². The Balaban J connectivity index is 2.30. The maximum Gasteiger partial charge on any atom is 0.0239 e. The molecule has 0 aromatic carbocycles. The van der Waals surface area contributed by atoms with Gasteiger partial charge in [-0.05, 0) is 47.5 Å². The van der Waals surface area contributed by atoms with E-state index in [-0.39, 0.29) is 0 Å². The molecular weight excluding hydrogens is 222 g/mol. The molecule has 1 aromatic rings. The zero-order valence-electron chi connectivity index (χ0n) is 9.65. The lowest BCUT2D eigenvalue weighted by molar-refractivity contribution is 0.273. The molecule has 0 aliphatic rings. The molecule has 1 unspecified atom stereocenters. The molecule has 1 rings (SSSR count). The molecule has 1 nitrogen and oxygen atoms in total. The van der Waals surface area contributed by atoms with Crippen LogP contribution in [0.15, 0.2) is 16.8 Å². The Bertz CT molecular complexity index is 246. The molecule has 0 amide bonds. The predicted molar refractivity (Wildman–Crippen MR) is 72.9 cm³/mol. The van der Waals surface area contributed by atoms with Crippen molar-refractivity contribution in [3.63, 3.8) is 0 Å². The normalized spacial score (nSPS) is 13.3. The van der Waals surface area contributed by atoms with Gasteiger partial charge in [-0.3, -0.25) is 0 Å². The molecule has 0 spiro atoms. The van der Waals surface area contributed by atoms with Crippen LogP contribution < -0.4 is 0 Å². The molecule has 0 aliphatic carbocycles. The van der Waals surface area contributed by atoms with E-state index in [0.29, 0.717) is 0 Å². The van der Waals surface area contributed by atoms with Crippen molar-refractivity contribution in [3.05, 3.63) is 22.4 Å². The van der Waals surface area contributed by atoms with Gasteiger partial charge in [0.1, 0.15) is 0 Å². The molecule has 1 atom stereocenters. The highest BCUT2D eigenvalue weighted by Gasteiger charge is 2.09. The Kier molecular flexibility index (Phi) is 6.37. The van der Waals surface area contributed by atoms with E-state index in [2.05, 4.69) is 48.3 Å². The highest BCUT2D eigenvalue weighted by atomic mass is 32.1. The third kappa shape index (κ3) is 5.05. The zero-order valence-corrected chi connectivity index (χ0v) is 11.4. The van der Waals surface area contributed by atoms with Crippen LogP contribution in [0.2, 0.25) is 0 Å². The van der Waals surface area contributed by atoms with Gasteiger partial charge in [0.2, 0.25) is 0 Å². The van der Waals surface area contributed by atoms with Crippen LogP contribution in [0.25, 0.3) is 0 Å². The Labute approximate surface area is 103 Å². The second-order valence-electron chi connectivity index (χ2n) is 4.17. The summed E-state index contributed by atoms with van der Waals surface area (Å²) in [7, 11) is 2.20. The van der Waals surface area contributed by atoms with Crippen molar-refractivity contribution in [1.29, 1.82) is 0 Å². The summed E-state index contributed by atoms with van der Waals surface area (Å²) in [4.78, 5) is 2.40. The quantitative estimate of drug-likeness (QED) is 0.717. The lowest BCUT2D eigenvalue weighted by Crippen LogP contribution is -2.26. The van der Waals surface area contributed by atoms with Gasteiger partial charge in [-0.1, -0.05) is 13.3 Å². The molecule has 86 valence electrons. The fourth-order valence-corrected chi connectivity index (χ4v) is 2.81. The number of nitrogens with zero attached hydrogens (tertiary/aromatic N) is 1. The summed E-state index contributed by atoms with van der Waals surface area (Å²) in [5, 5.41) is 4.37. The lowest BCUT2D eigenvalue weighted by Gasteiger charge is -2.22. The van der Waals surface area contributed by atoms with Gasteiger partial charge in [0.15, 0.2) is 0 Å². The minimum atomic E-state index is 0.738. The maximum absolute atomic E-state index is 4.41. The molecular formula is C12H21NS2. The number of hydrogen-bond acceptors (Lipinski definition) is 3.